The average Bonchev–Trinajstić information content (AvgIpc) is 3.46. The Labute approximate surface area is 187 Å². The molecule has 1 saturated carbocycles. The maximum absolute atomic E-state index is 12.8. The molecule has 1 aliphatic rings. The molecule has 0 radical (unpaired) electrons. The van der Waals surface area contributed by atoms with Crippen molar-refractivity contribution in [2.45, 2.75) is 50.8 Å². The summed E-state index contributed by atoms with van der Waals surface area (Å²) in [5.41, 5.74) is 7.50. The lowest BCUT2D eigenvalue weighted by molar-refractivity contribution is -0.00249. The fourth-order valence-corrected chi connectivity index (χ4v) is 3.64. The first-order chi connectivity index (χ1) is 15.1. The van der Waals surface area contributed by atoms with Crippen molar-refractivity contribution >= 4 is 11.6 Å². The van der Waals surface area contributed by atoms with Crippen LogP contribution in [0.25, 0.3) is 16.9 Å². The minimum Gasteiger partial charge on any atom is -0.496 e. The summed E-state index contributed by atoms with van der Waals surface area (Å²) in [6.07, 6.45) is 5.64. The van der Waals surface area contributed by atoms with Crippen molar-refractivity contribution in [1.82, 2.24) is 14.7 Å². The lowest BCUT2D eigenvalue weighted by Gasteiger charge is -2.37. The second kappa shape index (κ2) is 7.79. The first-order valence-corrected chi connectivity index (χ1v) is 10.6. The van der Waals surface area contributed by atoms with Crippen LogP contribution in [0.3, 0.4) is 0 Å². The Kier molecular flexibility index (Phi) is 5.38. The Morgan fingerprint density at radius 1 is 1.19 bits per heavy atom. The molecule has 1 aromatic carbocycles. The zero-order chi connectivity index (χ0) is 23.3. The molecule has 2 aromatic heterocycles. The van der Waals surface area contributed by atoms with Gasteiger partial charge in [-0.3, -0.25) is 9.20 Å². The molecular weight excluding hydrogens is 408 g/mol. The van der Waals surface area contributed by atoms with Crippen molar-refractivity contribution < 1.29 is 19.4 Å². The van der Waals surface area contributed by atoms with Crippen LogP contribution in [0.5, 0.6) is 11.5 Å². The molecule has 32 heavy (non-hydrogen) atoms. The number of nitrogens with two attached hydrogens (primary N) is 1. The van der Waals surface area contributed by atoms with E-state index in [9.17, 15) is 9.90 Å². The third-order valence-electron chi connectivity index (χ3n) is 6.44. The van der Waals surface area contributed by atoms with Gasteiger partial charge in [0.25, 0.3) is 5.91 Å². The Hall–Kier alpha value is -3.10. The number of carbonyl (C=O) groups is 1. The van der Waals surface area contributed by atoms with E-state index >= 15 is 0 Å². The van der Waals surface area contributed by atoms with E-state index in [0.29, 0.717) is 22.7 Å². The van der Waals surface area contributed by atoms with Gasteiger partial charge in [-0.1, -0.05) is 13.8 Å². The lowest BCUT2D eigenvalue weighted by Crippen LogP contribution is -2.52. The summed E-state index contributed by atoms with van der Waals surface area (Å²) in [7, 11) is 3.07. The Balaban J connectivity index is 1.78. The number of nitrogens with one attached hydrogen (secondary N) is 1. The van der Waals surface area contributed by atoms with Crippen molar-refractivity contribution in [2.75, 3.05) is 14.2 Å². The molecule has 0 aliphatic heterocycles. The Morgan fingerprint density at radius 3 is 2.34 bits per heavy atom. The van der Waals surface area contributed by atoms with Crippen LogP contribution in [0, 0.1) is 0 Å². The van der Waals surface area contributed by atoms with Crippen molar-refractivity contribution in [3.63, 3.8) is 0 Å². The van der Waals surface area contributed by atoms with E-state index in [2.05, 4.69) is 10.3 Å². The third kappa shape index (κ3) is 3.80. The number of benzene rings is 1. The van der Waals surface area contributed by atoms with E-state index < -0.39 is 11.1 Å². The van der Waals surface area contributed by atoms with Crippen molar-refractivity contribution in [3.8, 4) is 22.8 Å². The second-order valence-corrected chi connectivity index (χ2v) is 9.06. The van der Waals surface area contributed by atoms with Crippen molar-refractivity contribution in [2.24, 2.45) is 5.73 Å². The van der Waals surface area contributed by atoms with Crippen molar-refractivity contribution in [3.05, 3.63) is 47.8 Å². The summed E-state index contributed by atoms with van der Waals surface area (Å²) in [6.45, 7) is 5.38. The lowest BCUT2D eigenvalue weighted by atomic mass is 9.76. The quantitative estimate of drug-likeness (QED) is 0.489. The molecule has 2 heterocycles. The number of hydrogen-bond donors (Lipinski definition) is 3. The van der Waals surface area contributed by atoms with Crippen molar-refractivity contribution in [1.29, 1.82) is 0 Å². The molecule has 170 valence electrons. The highest BCUT2D eigenvalue weighted by Crippen LogP contribution is 2.37. The third-order valence-corrected chi connectivity index (χ3v) is 6.44. The van der Waals surface area contributed by atoms with Gasteiger partial charge in [0.2, 0.25) is 0 Å². The van der Waals surface area contributed by atoms with Crippen LogP contribution in [0.4, 0.5) is 0 Å². The van der Waals surface area contributed by atoms with E-state index in [1.807, 2.05) is 48.7 Å². The summed E-state index contributed by atoms with van der Waals surface area (Å²) in [4.78, 5) is 17.3. The topological polar surface area (TPSA) is 111 Å². The minimum absolute atomic E-state index is 0.202. The highest BCUT2D eigenvalue weighted by atomic mass is 16.5. The second-order valence-electron chi connectivity index (χ2n) is 9.06. The molecule has 1 aliphatic carbocycles. The molecule has 0 saturated heterocycles. The van der Waals surface area contributed by atoms with E-state index in [4.69, 9.17) is 15.2 Å². The van der Waals surface area contributed by atoms with Gasteiger partial charge in [-0.05, 0) is 49.6 Å². The Morgan fingerprint density at radius 2 is 1.81 bits per heavy atom. The zero-order valence-corrected chi connectivity index (χ0v) is 19.1. The van der Waals surface area contributed by atoms with Gasteiger partial charge in [0.1, 0.15) is 28.4 Å². The SMILES string of the molecule is COc1cc(-c2cnc3cc(C(C)(C)C(C)(N)O)ccn23)cc(OC)c1C(=O)NC1CC1. The Bertz CT molecular complexity index is 1150. The largest absolute Gasteiger partial charge is 0.496 e. The fourth-order valence-electron chi connectivity index (χ4n) is 3.64. The number of methoxy groups -OCH3 is 2. The van der Waals surface area contributed by atoms with Gasteiger partial charge in [-0.25, -0.2) is 4.98 Å². The molecule has 4 N–H and O–H groups in total. The molecule has 0 spiro atoms. The number of ether oxygens (including phenoxy) is 2. The van der Waals surface area contributed by atoms with Gasteiger partial charge < -0.3 is 25.6 Å². The van der Waals surface area contributed by atoms with E-state index in [1.54, 1.807) is 13.1 Å². The number of imidazole rings is 1. The van der Waals surface area contributed by atoms with Crippen LogP contribution < -0.4 is 20.5 Å². The summed E-state index contributed by atoms with van der Waals surface area (Å²) in [6, 6.07) is 7.69. The molecule has 1 fully saturated rings. The molecule has 4 rings (SSSR count). The first kappa shape index (κ1) is 22.1. The van der Waals surface area contributed by atoms with Crippen LogP contribution in [0.2, 0.25) is 0 Å². The number of hydrogen-bond acceptors (Lipinski definition) is 6. The van der Waals surface area contributed by atoms with Gasteiger partial charge in [0.15, 0.2) is 0 Å². The normalized spacial score (nSPS) is 16.0. The number of nitrogens with zero attached hydrogens (tertiary/aromatic N) is 2. The number of amides is 1. The molecule has 8 nitrogen and oxygen atoms in total. The van der Waals surface area contributed by atoms with Crippen LogP contribution >= 0.6 is 0 Å². The van der Waals surface area contributed by atoms with Gasteiger partial charge >= 0.3 is 0 Å². The molecule has 1 amide bonds. The number of pyridine rings is 1. The van der Waals surface area contributed by atoms with Gasteiger partial charge in [-0.15, -0.1) is 0 Å². The summed E-state index contributed by atoms with van der Waals surface area (Å²) >= 11 is 0. The first-order valence-electron chi connectivity index (χ1n) is 10.6. The van der Waals surface area contributed by atoms with Crippen LogP contribution in [-0.4, -0.2) is 46.4 Å². The number of carbonyl (C=O) groups excluding carboxylic acids is 1. The minimum atomic E-state index is -1.39. The standard InChI is InChI=1S/C24H30N4O4/c1-23(2,24(3,25)30)15-8-9-28-17(13-26-20(28)12-15)14-10-18(31-4)21(19(11-14)32-5)22(29)27-16-6-7-16/h8-13,16,30H,6-7,25H2,1-5H3,(H,27,29). The molecular formula is C24H30N4O4. The average molecular weight is 439 g/mol. The molecule has 1 atom stereocenters. The van der Waals surface area contributed by atoms with E-state index in [1.165, 1.54) is 14.2 Å². The zero-order valence-electron chi connectivity index (χ0n) is 19.1. The van der Waals surface area contributed by atoms with Crippen LogP contribution in [-0.2, 0) is 5.41 Å². The monoisotopic (exact) mass is 438 g/mol. The van der Waals surface area contributed by atoms with E-state index in [-0.39, 0.29) is 11.9 Å². The predicted octanol–water partition coefficient (Wildman–Crippen LogP) is 2.86. The number of aromatic nitrogens is 2. The maximum atomic E-state index is 12.8. The van der Waals surface area contributed by atoms with E-state index in [0.717, 1.165) is 29.7 Å². The fraction of sp³-hybridized carbons (Fsp3) is 0.417. The summed E-state index contributed by atoms with van der Waals surface area (Å²) < 4.78 is 13.0. The van der Waals surface area contributed by atoms with Gasteiger partial charge in [0, 0.05) is 23.2 Å². The van der Waals surface area contributed by atoms with Gasteiger partial charge in [0.05, 0.1) is 26.1 Å². The smallest absolute Gasteiger partial charge is 0.259 e. The number of fused-ring (bicyclic) bond motifs is 1. The summed E-state index contributed by atoms with van der Waals surface area (Å²) in [5, 5.41) is 13.4. The highest BCUT2D eigenvalue weighted by Gasteiger charge is 2.37. The maximum Gasteiger partial charge on any atom is 0.259 e. The van der Waals surface area contributed by atoms with Crippen LogP contribution in [0.1, 0.15) is 49.5 Å². The summed E-state index contributed by atoms with van der Waals surface area (Å²) in [5.74, 6) is 0.667. The van der Waals surface area contributed by atoms with Gasteiger partial charge in [-0.2, -0.15) is 0 Å². The van der Waals surface area contributed by atoms with Crippen LogP contribution in [0.15, 0.2) is 36.7 Å². The molecule has 0 bridgehead atoms. The molecule has 3 aromatic rings. The highest BCUT2D eigenvalue weighted by molar-refractivity contribution is 6.01. The molecule has 8 heteroatoms. The predicted molar refractivity (Wildman–Crippen MR) is 122 cm³/mol. The number of aliphatic hydroxyl groups is 1. The molecule has 1 unspecified atom stereocenters. The number of rotatable bonds is 7.